The molecule has 106 valence electrons. The molecule has 0 aliphatic carbocycles. The van der Waals surface area contributed by atoms with E-state index in [-0.39, 0.29) is 12.5 Å². The normalized spacial score (nSPS) is 10.3. The second-order valence-corrected chi connectivity index (χ2v) is 5.49. The Labute approximate surface area is 121 Å². The molecule has 2 rings (SSSR count). The van der Waals surface area contributed by atoms with E-state index >= 15 is 0 Å². The Morgan fingerprint density at radius 3 is 3.00 bits per heavy atom. The van der Waals surface area contributed by atoms with Gasteiger partial charge in [-0.2, -0.15) is 0 Å². The first-order valence-electron chi connectivity index (χ1n) is 6.20. The molecule has 0 spiro atoms. The maximum Gasteiger partial charge on any atom is 0.239 e. The molecule has 0 bridgehead atoms. The number of carbonyl (C=O) groups is 1. The van der Waals surface area contributed by atoms with E-state index in [9.17, 15) is 4.79 Å². The number of amides is 1. The molecule has 0 saturated heterocycles. The first kappa shape index (κ1) is 14.5. The van der Waals surface area contributed by atoms with Crippen LogP contribution in [0.5, 0.6) is 5.75 Å². The minimum absolute atomic E-state index is 0.0411. The molecule has 6 heteroatoms. The fourth-order valence-electron chi connectivity index (χ4n) is 1.85. The van der Waals surface area contributed by atoms with Crippen LogP contribution >= 0.6 is 11.3 Å². The Balaban J connectivity index is 2.14. The molecule has 5 nitrogen and oxygen atoms in total. The number of benzene rings is 1. The fourth-order valence-corrected chi connectivity index (χ4v) is 2.70. The first-order valence-corrected chi connectivity index (χ1v) is 7.02. The molecule has 0 fully saturated rings. The summed E-state index contributed by atoms with van der Waals surface area (Å²) < 4.78 is 5.36. The zero-order valence-electron chi connectivity index (χ0n) is 11.5. The van der Waals surface area contributed by atoms with Crippen molar-refractivity contribution >= 4 is 22.4 Å². The maximum absolute atomic E-state index is 11.2. The summed E-state index contributed by atoms with van der Waals surface area (Å²) in [5.41, 5.74) is 7.54. The van der Waals surface area contributed by atoms with Crippen LogP contribution in [0.15, 0.2) is 24.4 Å². The predicted molar refractivity (Wildman–Crippen MR) is 80.3 cm³/mol. The number of methoxy groups -OCH3 is 1. The van der Waals surface area contributed by atoms with Crippen molar-refractivity contribution in [3.8, 4) is 5.75 Å². The molecule has 0 aliphatic heterocycles. The molecule has 0 unspecified atom stereocenters. The number of hydrogen-bond donors (Lipinski definition) is 2. The summed E-state index contributed by atoms with van der Waals surface area (Å²) in [5.74, 6) is 0.621. The van der Waals surface area contributed by atoms with E-state index in [1.807, 2.05) is 19.1 Å². The smallest absolute Gasteiger partial charge is 0.239 e. The number of aromatic nitrogens is 1. The number of ether oxygens (including phenoxy) is 1. The summed E-state index contributed by atoms with van der Waals surface area (Å²) >= 11 is 1.44. The second-order valence-electron chi connectivity index (χ2n) is 4.38. The number of aryl methyl sites for hydroxylation is 1. The lowest BCUT2D eigenvalue weighted by atomic mass is 10.1. The Morgan fingerprint density at radius 1 is 1.50 bits per heavy atom. The van der Waals surface area contributed by atoms with Gasteiger partial charge in [0.25, 0.3) is 0 Å². The number of carbonyl (C=O) groups excluding carboxylic acids is 1. The molecule has 20 heavy (non-hydrogen) atoms. The van der Waals surface area contributed by atoms with E-state index in [1.165, 1.54) is 16.9 Å². The summed E-state index contributed by atoms with van der Waals surface area (Å²) in [7, 11) is 1.66. The van der Waals surface area contributed by atoms with Gasteiger partial charge in [-0.05, 0) is 18.6 Å². The van der Waals surface area contributed by atoms with Crippen molar-refractivity contribution in [2.45, 2.75) is 13.3 Å². The average molecular weight is 291 g/mol. The maximum atomic E-state index is 11.2. The highest BCUT2D eigenvalue weighted by Crippen LogP contribution is 2.26. The van der Waals surface area contributed by atoms with Crippen LogP contribution in [-0.2, 0) is 11.2 Å². The van der Waals surface area contributed by atoms with E-state index in [2.05, 4.69) is 16.4 Å². The number of nitrogens with two attached hydrogens (primary N) is 1. The van der Waals surface area contributed by atoms with Crippen LogP contribution in [0.1, 0.15) is 16.0 Å². The topological polar surface area (TPSA) is 77.2 Å². The lowest BCUT2D eigenvalue weighted by molar-refractivity contribution is -0.114. The Hall–Kier alpha value is -1.92. The van der Waals surface area contributed by atoms with Crippen molar-refractivity contribution in [3.63, 3.8) is 0 Å². The molecule has 0 radical (unpaired) electrons. The van der Waals surface area contributed by atoms with E-state index in [1.54, 1.807) is 13.3 Å². The van der Waals surface area contributed by atoms with Gasteiger partial charge in [0.2, 0.25) is 5.91 Å². The van der Waals surface area contributed by atoms with Gasteiger partial charge >= 0.3 is 0 Å². The zero-order chi connectivity index (χ0) is 14.5. The van der Waals surface area contributed by atoms with Crippen molar-refractivity contribution in [2.24, 2.45) is 5.73 Å². The molecule has 0 atom stereocenters. The largest absolute Gasteiger partial charge is 0.496 e. The highest BCUT2D eigenvalue weighted by Gasteiger charge is 2.09. The van der Waals surface area contributed by atoms with Gasteiger partial charge in [-0.15, -0.1) is 11.3 Å². The number of rotatable bonds is 5. The molecule has 2 aromatic rings. The van der Waals surface area contributed by atoms with Crippen LogP contribution in [0, 0.1) is 6.92 Å². The Kier molecular flexibility index (Phi) is 4.70. The van der Waals surface area contributed by atoms with Gasteiger partial charge in [0, 0.05) is 17.5 Å². The highest BCUT2D eigenvalue weighted by atomic mass is 32.1. The molecule has 0 saturated carbocycles. The van der Waals surface area contributed by atoms with Gasteiger partial charge in [0.15, 0.2) is 5.13 Å². The van der Waals surface area contributed by atoms with Crippen LogP contribution in [0.25, 0.3) is 0 Å². The minimum atomic E-state index is -0.237. The number of nitrogens with zero attached hydrogens (tertiary/aromatic N) is 1. The molecule has 1 heterocycles. The third-order valence-electron chi connectivity index (χ3n) is 2.79. The standard InChI is InChI=1S/C14H17N3O2S/c1-9-3-4-12(19-2)10(5-9)6-11-8-16-14(20-11)17-13(18)7-15/h3-5,8H,6-7,15H2,1-2H3,(H,16,17,18). The number of thiazole rings is 1. The number of hydrogen-bond acceptors (Lipinski definition) is 5. The van der Waals surface area contributed by atoms with Crippen LogP contribution < -0.4 is 15.8 Å². The van der Waals surface area contributed by atoms with Gasteiger partial charge in [-0.25, -0.2) is 4.98 Å². The Morgan fingerprint density at radius 2 is 2.30 bits per heavy atom. The summed E-state index contributed by atoms with van der Waals surface area (Å²) in [6.45, 7) is 2.00. The fraction of sp³-hybridized carbons (Fsp3) is 0.286. The second kappa shape index (κ2) is 6.49. The molecule has 0 aliphatic rings. The Bertz CT molecular complexity index is 610. The van der Waals surface area contributed by atoms with E-state index in [4.69, 9.17) is 10.5 Å². The molecular formula is C14H17N3O2S. The molecule has 3 N–H and O–H groups in total. The van der Waals surface area contributed by atoms with Crippen LogP contribution in [0.4, 0.5) is 5.13 Å². The summed E-state index contributed by atoms with van der Waals surface area (Å²) in [5, 5.41) is 3.22. The lowest BCUT2D eigenvalue weighted by Crippen LogP contribution is -2.21. The monoisotopic (exact) mass is 291 g/mol. The summed E-state index contributed by atoms with van der Waals surface area (Å²) in [6, 6.07) is 6.07. The van der Waals surface area contributed by atoms with Crippen molar-refractivity contribution in [2.75, 3.05) is 19.0 Å². The number of nitrogens with one attached hydrogen (secondary N) is 1. The van der Waals surface area contributed by atoms with Gasteiger partial charge in [-0.3, -0.25) is 4.79 Å². The van der Waals surface area contributed by atoms with Crippen molar-refractivity contribution in [3.05, 3.63) is 40.4 Å². The third-order valence-corrected chi connectivity index (χ3v) is 3.70. The van der Waals surface area contributed by atoms with Crippen LogP contribution in [-0.4, -0.2) is 24.5 Å². The van der Waals surface area contributed by atoms with Crippen molar-refractivity contribution in [1.82, 2.24) is 4.98 Å². The lowest BCUT2D eigenvalue weighted by Gasteiger charge is -2.08. The molecular weight excluding hydrogens is 274 g/mol. The van der Waals surface area contributed by atoms with Crippen LogP contribution in [0.3, 0.4) is 0 Å². The van der Waals surface area contributed by atoms with Gasteiger partial charge in [0.1, 0.15) is 5.75 Å². The van der Waals surface area contributed by atoms with Crippen molar-refractivity contribution < 1.29 is 9.53 Å². The quantitative estimate of drug-likeness (QED) is 0.882. The minimum Gasteiger partial charge on any atom is -0.496 e. The van der Waals surface area contributed by atoms with E-state index in [0.717, 1.165) is 22.6 Å². The average Bonchev–Trinajstić information content (AvgIpc) is 2.86. The van der Waals surface area contributed by atoms with Gasteiger partial charge < -0.3 is 15.8 Å². The predicted octanol–water partition coefficient (Wildman–Crippen LogP) is 1.95. The van der Waals surface area contributed by atoms with Crippen molar-refractivity contribution in [1.29, 1.82) is 0 Å². The third kappa shape index (κ3) is 3.55. The SMILES string of the molecule is COc1ccc(C)cc1Cc1cnc(NC(=O)CN)s1. The first-order chi connectivity index (χ1) is 9.62. The molecule has 1 amide bonds. The van der Waals surface area contributed by atoms with Crippen LogP contribution in [0.2, 0.25) is 0 Å². The van der Waals surface area contributed by atoms with E-state index < -0.39 is 0 Å². The molecule has 1 aromatic heterocycles. The number of anilines is 1. The summed E-state index contributed by atoms with van der Waals surface area (Å²) in [4.78, 5) is 16.4. The van der Waals surface area contributed by atoms with E-state index in [0.29, 0.717) is 5.13 Å². The molecule has 1 aromatic carbocycles. The van der Waals surface area contributed by atoms with Gasteiger partial charge in [-0.1, -0.05) is 17.7 Å². The van der Waals surface area contributed by atoms with Gasteiger partial charge in [0.05, 0.1) is 13.7 Å². The zero-order valence-corrected chi connectivity index (χ0v) is 12.3. The highest BCUT2D eigenvalue weighted by molar-refractivity contribution is 7.15. The summed E-state index contributed by atoms with van der Waals surface area (Å²) in [6.07, 6.45) is 2.49.